The maximum Gasteiger partial charge on any atom is 0.212 e. The zero-order valence-electron chi connectivity index (χ0n) is 18.0. The molecular formula is C22H28N6O2S. The first-order valence-electron chi connectivity index (χ1n) is 10.7. The van der Waals surface area contributed by atoms with E-state index < -0.39 is 15.6 Å². The van der Waals surface area contributed by atoms with Crippen molar-refractivity contribution < 1.29 is 8.42 Å². The molecule has 4 heterocycles. The van der Waals surface area contributed by atoms with Gasteiger partial charge in [0.1, 0.15) is 5.82 Å². The predicted molar refractivity (Wildman–Crippen MR) is 119 cm³/mol. The highest BCUT2D eigenvalue weighted by molar-refractivity contribution is 7.88. The molecule has 0 aliphatic carbocycles. The van der Waals surface area contributed by atoms with Crippen molar-refractivity contribution in [2.45, 2.75) is 31.5 Å². The monoisotopic (exact) mass is 440 g/mol. The van der Waals surface area contributed by atoms with Crippen molar-refractivity contribution in [3.63, 3.8) is 0 Å². The Morgan fingerprint density at radius 2 is 1.77 bits per heavy atom. The molecule has 0 bridgehead atoms. The number of aromatic nitrogens is 4. The van der Waals surface area contributed by atoms with Gasteiger partial charge in [0.15, 0.2) is 0 Å². The van der Waals surface area contributed by atoms with Crippen LogP contribution in [0.15, 0.2) is 48.9 Å². The molecule has 0 unspecified atom stereocenters. The number of piperidine rings is 1. The Morgan fingerprint density at radius 1 is 1.03 bits per heavy atom. The van der Waals surface area contributed by atoms with Crippen LogP contribution in [0.1, 0.15) is 24.2 Å². The second kappa shape index (κ2) is 7.58. The number of aryl methyl sites for hydroxylation is 1. The molecule has 164 valence electrons. The molecule has 1 saturated heterocycles. The van der Waals surface area contributed by atoms with Gasteiger partial charge in [0.25, 0.3) is 0 Å². The van der Waals surface area contributed by atoms with Crippen LogP contribution in [0.2, 0.25) is 0 Å². The second-order valence-electron chi connectivity index (χ2n) is 8.65. The van der Waals surface area contributed by atoms with Gasteiger partial charge in [0, 0.05) is 51.5 Å². The fourth-order valence-electron chi connectivity index (χ4n) is 5.18. The van der Waals surface area contributed by atoms with Crippen LogP contribution < -0.4 is 0 Å². The summed E-state index contributed by atoms with van der Waals surface area (Å²) in [6, 6.07) is 10.2. The van der Waals surface area contributed by atoms with Crippen LogP contribution in [-0.2, 0) is 35.7 Å². The number of fused-ring (bicyclic) bond motifs is 2. The van der Waals surface area contributed by atoms with E-state index in [4.69, 9.17) is 4.98 Å². The Bertz CT molecular complexity index is 1180. The lowest BCUT2D eigenvalue weighted by Gasteiger charge is -2.49. The summed E-state index contributed by atoms with van der Waals surface area (Å²) in [7, 11) is -1.44. The topological polar surface area (TPSA) is 76.3 Å². The van der Waals surface area contributed by atoms with Gasteiger partial charge in [-0.05, 0) is 18.4 Å². The fraction of sp³-hybridized carbons (Fsp3) is 0.455. The largest absolute Gasteiger partial charge is 0.325 e. The van der Waals surface area contributed by atoms with Crippen LogP contribution in [0.4, 0.5) is 0 Å². The molecule has 0 N–H and O–H groups in total. The molecular weight excluding hydrogens is 412 g/mol. The molecule has 0 radical (unpaired) electrons. The Hall–Kier alpha value is -2.49. The normalized spacial score (nSPS) is 19.5. The molecule has 3 aromatic rings. The van der Waals surface area contributed by atoms with E-state index in [1.54, 1.807) is 4.31 Å². The molecule has 2 aliphatic rings. The SMILES string of the molecule is Cn1cc(CN2CCC3(CC2)c2ncc(-c4ccccc4)n2CCN3S(C)(=O)=O)cn1. The van der Waals surface area contributed by atoms with Gasteiger partial charge in [-0.25, -0.2) is 13.4 Å². The Balaban J connectivity index is 1.48. The lowest BCUT2D eigenvalue weighted by Crippen LogP contribution is -2.59. The third kappa shape index (κ3) is 3.60. The van der Waals surface area contributed by atoms with Crippen LogP contribution in [-0.4, -0.2) is 62.8 Å². The van der Waals surface area contributed by atoms with E-state index in [0.29, 0.717) is 13.1 Å². The van der Waals surface area contributed by atoms with Gasteiger partial charge in [-0.3, -0.25) is 9.58 Å². The Kier molecular flexibility index (Phi) is 4.99. The molecule has 0 amide bonds. The van der Waals surface area contributed by atoms with E-state index >= 15 is 0 Å². The van der Waals surface area contributed by atoms with Gasteiger partial charge in [-0.2, -0.15) is 9.40 Å². The number of benzene rings is 1. The molecule has 1 aromatic carbocycles. The molecule has 0 atom stereocenters. The third-order valence-corrected chi connectivity index (χ3v) is 7.93. The number of hydrogen-bond donors (Lipinski definition) is 0. The molecule has 5 rings (SSSR count). The summed E-state index contributed by atoms with van der Waals surface area (Å²) in [5.41, 5.74) is 2.75. The highest BCUT2D eigenvalue weighted by Gasteiger charge is 2.50. The van der Waals surface area contributed by atoms with Crippen LogP contribution in [0.3, 0.4) is 0 Å². The van der Waals surface area contributed by atoms with E-state index in [-0.39, 0.29) is 0 Å². The first-order valence-corrected chi connectivity index (χ1v) is 12.5. The van der Waals surface area contributed by atoms with Crippen molar-refractivity contribution in [1.29, 1.82) is 0 Å². The second-order valence-corrected chi connectivity index (χ2v) is 10.6. The highest BCUT2D eigenvalue weighted by atomic mass is 32.2. The average molecular weight is 441 g/mol. The molecule has 8 nitrogen and oxygen atoms in total. The van der Waals surface area contributed by atoms with Crippen molar-refractivity contribution in [3.05, 3.63) is 60.3 Å². The number of nitrogens with zero attached hydrogens (tertiary/aromatic N) is 6. The summed E-state index contributed by atoms with van der Waals surface area (Å²) in [6.45, 7) is 3.55. The highest BCUT2D eigenvalue weighted by Crippen LogP contribution is 2.43. The molecule has 2 aliphatic heterocycles. The molecule has 1 fully saturated rings. The number of sulfonamides is 1. The fourth-order valence-corrected chi connectivity index (χ4v) is 6.49. The van der Waals surface area contributed by atoms with Gasteiger partial charge in [-0.15, -0.1) is 0 Å². The molecule has 1 spiro atoms. The molecule has 0 saturated carbocycles. The minimum Gasteiger partial charge on any atom is -0.325 e. The van der Waals surface area contributed by atoms with Crippen molar-refractivity contribution >= 4 is 10.0 Å². The van der Waals surface area contributed by atoms with E-state index in [0.717, 1.165) is 49.6 Å². The quantitative estimate of drug-likeness (QED) is 0.621. The van der Waals surface area contributed by atoms with Crippen molar-refractivity contribution in [1.82, 2.24) is 28.5 Å². The summed E-state index contributed by atoms with van der Waals surface area (Å²) in [5, 5.41) is 4.26. The van der Waals surface area contributed by atoms with Crippen LogP contribution in [0.25, 0.3) is 11.3 Å². The molecule has 9 heteroatoms. The summed E-state index contributed by atoms with van der Waals surface area (Å²) in [6.07, 6.45) is 8.62. The van der Waals surface area contributed by atoms with E-state index in [9.17, 15) is 8.42 Å². The van der Waals surface area contributed by atoms with Crippen molar-refractivity contribution in [2.24, 2.45) is 7.05 Å². The van der Waals surface area contributed by atoms with Crippen LogP contribution in [0.5, 0.6) is 0 Å². The first kappa shape index (κ1) is 20.4. The van der Waals surface area contributed by atoms with Gasteiger partial charge in [0.05, 0.1) is 29.9 Å². The minimum absolute atomic E-state index is 0.477. The van der Waals surface area contributed by atoms with Crippen molar-refractivity contribution in [3.8, 4) is 11.3 Å². The van der Waals surface area contributed by atoms with Gasteiger partial charge in [0.2, 0.25) is 10.0 Å². The maximum atomic E-state index is 12.8. The van der Waals surface area contributed by atoms with Crippen LogP contribution in [0, 0.1) is 0 Å². The number of rotatable bonds is 4. The molecule has 31 heavy (non-hydrogen) atoms. The average Bonchev–Trinajstić information content (AvgIpc) is 3.36. The zero-order chi connectivity index (χ0) is 21.6. The maximum absolute atomic E-state index is 12.8. The van der Waals surface area contributed by atoms with Gasteiger partial charge < -0.3 is 4.57 Å². The smallest absolute Gasteiger partial charge is 0.212 e. The Labute approximate surface area is 183 Å². The van der Waals surface area contributed by atoms with Gasteiger partial charge >= 0.3 is 0 Å². The number of likely N-dealkylation sites (tertiary alicyclic amines) is 1. The summed E-state index contributed by atoms with van der Waals surface area (Å²) in [4.78, 5) is 7.19. The van der Waals surface area contributed by atoms with Crippen LogP contribution >= 0.6 is 0 Å². The lowest BCUT2D eigenvalue weighted by molar-refractivity contribution is 0.0457. The predicted octanol–water partition coefficient (Wildman–Crippen LogP) is 2.05. The van der Waals surface area contributed by atoms with Gasteiger partial charge in [-0.1, -0.05) is 30.3 Å². The minimum atomic E-state index is -3.36. The number of imidazole rings is 1. The third-order valence-electron chi connectivity index (χ3n) is 6.59. The Morgan fingerprint density at radius 3 is 2.42 bits per heavy atom. The lowest BCUT2D eigenvalue weighted by atomic mass is 9.85. The zero-order valence-corrected chi connectivity index (χ0v) is 18.8. The summed E-state index contributed by atoms with van der Waals surface area (Å²) < 4.78 is 31.3. The van der Waals surface area contributed by atoms with E-state index in [2.05, 4.69) is 26.7 Å². The molecule has 2 aromatic heterocycles. The number of hydrogen-bond acceptors (Lipinski definition) is 5. The standard InChI is InChI=1S/C22H28N6O2S/c1-25-16-18(14-24-25)17-26-10-8-22(9-11-26)21-23-15-20(19-6-4-3-5-7-19)27(21)12-13-28(22)31(2,29)30/h3-7,14-16H,8-13,17H2,1-2H3. The summed E-state index contributed by atoms with van der Waals surface area (Å²) >= 11 is 0. The summed E-state index contributed by atoms with van der Waals surface area (Å²) in [5.74, 6) is 0.879. The van der Waals surface area contributed by atoms with E-state index in [1.165, 1.54) is 11.8 Å². The van der Waals surface area contributed by atoms with E-state index in [1.807, 2.05) is 48.5 Å². The first-order chi connectivity index (χ1) is 14.9. The van der Waals surface area contributed by atoms with Crippen molar-refractivity contribution in [2.75, 3.05) is 25.9 Å².